The molecule has 0 unspecified atom stereocenters. The molecule has 102 valence electrons. The van der Waals surface area contributed by atoms with Gasteiger partial charge in [0.25, 0.3) is 5.91 Å². The minimum absolute atomic E-state index is 0.0655. The van der Waals surface area contributed by atoms with Gasteiger partial charge in [-0.2, -0.15) is 0 Å². The molecule has 2 atom stereocenters. The Balaban J connectivity index is 2.21. The number of esters is 1. The minimum Gasteiger partial charge on any atom is -0.467 e. The van der Waals surface area contributed by atoms with Gasteiger partial charge in [0, 0.05) is 18.5 Å². The molecular weight excluding hydrogens is 253 g/mol. The number of amides is 1. The molecule has 1 N–H and O–H groups in total. The van der Waals surface area contributed by atoms with Gasteiger partial charge in [-0.3, -0.25) is 4.79 Å². The Morgan fingerprint density at radius 2 is 2.00 bits per heavy atom. The first-order valence-electron chi connectivity index (χ1n) is 5.85. The maximum Gasteiger partial charge on any atom is 0.328 e. The number of carbonyl (C=O) groups is 2. The largest absolute Gasteiger partial charge is 0.467 e. The summed E-state index contributed by atoms with van der Waals surface area (Å²) in [4.78, 5) is 25.0. The summed E-state index contributed by atoms with van der Waals surface area (Å²) in [6.07, 6.45) is -0.604. The molecule has 1 aromatic rings. The van der Waals surface area contributed by atoms with Crippen LogP contribution in [0.5, 0.6) is 0 Å². The fourth-order valence-corrected chi connectivity index (χ4v) is 2.16. The fourth-order valence-electron chi connectivity index (χ4n) is 2.16. The van der Waals surface area contributed by atoms with Crippen molar-refractivity contribution in [3.05, 3.63) is 35.6 Å². The van der Waals surface area contributed by atoms with Crippen LogP contribution in [0.25, 0.3) is 0 Å². The molecule has 0 bridgehead atoms. The van der Waals surface area contributed by atoms with Crippen molar-refractivity contribution < 1.29 is 23.8 Å². The van der Waals surface area contributed by atoms with Crippen LogP contribution >= 0.6 is 0 Å². The van der Waals surface area contributed by atoms with Crippen LogP contribution in [0.15, 0.2) is 24.3 Å². The van der Waals surface area contributed by atoms with Crippen LogP contribution < -0.4 is 0 Å². The molecule has 0 spiro atoms. The summed E-state index contributed by atoms with van der Waals surface area (Å²) >= 11 is 0. The molecule has 1 saturated heterocycles. The quantitative estimate of drug-likeness (QED) is 0.796. The maximum atomic E-state index is 12.8. The standard InChI is InChI=1S/C13H14FNO4/c1-19-13(18)11-6-10(16)7-15(11)12(17)8-2-4-9(14)5-3-8/h2-5,10-11,16H,6-7H2,1H3/t10-,11+/m1/s1. The molecule has 2 rings (SSSR count). The zero-order chi connectivity index (χ0) is 14.0. The van der Waals surface area contributed by atoms with E-state index in [9.17, 15) is 19.1 Å². The van der Waals surface area contributed by atoms with Gasteiger partial charge in [0.15, 0.2) is 0 Å². The number of carbonyl (C=O) groups excluding carboxylic acids is 2. The second-order valence-electron chi connectivity index (χ2n) is 4.39. The lowest BCUT2D eigenvalue weighted by molar-refractivity contribution is -0.145. The van der Waals surface area contributed by atoms with Crippen LogP contribution in [0.2, 0.25) is 0 Å². The molecule has 6 heteroatoms. The fraction of sp³-hybridized carbons (Fsp3) is 0.385. The number of methoxy groups -OCH3 is 1. The van der Waals surface area contributed by atoms with E-state index in [4.69, 9.17) is 0 Å². The Bertz CT molecular complexity index is 488. The predicted molar refractivity (Wildman–Crippen MR) is 63.9 cm³/mol. The van der Waals surface area contributed by atoms with Gasteiger partial charge in [-0.1, -0.05) is 0 Å². The van der Waals surface area contributed by atoms with Gasteiger partial charge in [-0.15, -0.1) is 0 Å². The van der Waals surface area contributed by atoms with Gasteiger partial charge < -0.3 is 14.7 Å². The molecule has 0 aromatic heterocycles. The van der Waals surface area contributed by atoms with Gasteiger partial charge in [0.1, 0.15) is 11.9 Å². The molecule has 1 aromatic carbocycles. The van der Waals surface area contributed by atoms with E-state index >= 15 is 0 Å². The van der Waals surface area contributed by atoms with Crippen molar-refractivity contribution in [3.63, 3.8) is 0 Å². The van der Waals surface area contributed by atoms with Crippen LogP contribution in [0.4, 0.5) is 4.39 Å². The molecule has 0 radical (unpaired) electrons. The Kier molecular flexibility index (Phi) is 3.80. The Hall–Kier alpha value is -1.95. The van der Waals surface area contributed by atoms with Gasteiger partial charge in [-0.05, 0) is 24.3 Å². The number of nitrogens with zero attached hydrogens (tertiary/aromatic N) is 1. The van der Waals surface area contributed by atoms with Crippen LogP contribution in [-0.2, 0) is 9.53 Å². The third-order valence-corrected chi connectivity index (χ3v) is 3.10. The number of β-amino-alcohol motifs (C(OH)–C–C–N with tert-alkyl or cyclic N) is 1. The van der Waals surface area contributed by atoms with Crippen molar-refractivity contribution in [2.24, 2.45) is 0 Å². The van der Waals surface area contributed by atoms with Crippen molar-refractivity contribution in [1.29, 1.82) is 0 Å². The highest BCUT2D eigenvalue weighted by atomic mass is 19.1. The number of hydrogen-bond acceptors (Lipinski definition) is 4. The first kappa shape index (κ1) is 13.5. The highest BCUT2D eigenvalue weighted by molar-refractivity contribution is 5.97. The average Bonchev–Trinajstić information content (AvgIpc) is 2.80. The summed E-state index contributed by atoms with van der Waals surface area (Å²) < 4.78 is 17.4. The molecule has 1 fully saturated rings. The summed E-state index contributed by atoms with van der Waals surface area (Å²) in [5.74, 6) is -1.43. The molecule has 1 aliphatic heterocycles. The van der Waals surface area contributed by atoms with Crippen LogP contribution in [0.3, 0.4) is 0 Å². The number of benzene rings is 1. The van der Waals surface area contributed by atoms with E-state index in [1.807, 2.05) is 0 Å². The highest BCUT2D eigenvalue weighted by Crippen LogP contribution is 2.21. The third-order valence-electron chi connectivity index (χ3n) is 3.10. The lowest BCUT2D eigenvalue weighted by Crippen LogP contribution is -2.41. The zero-order valence-corrected chi connectivity index (χ0v) is 10.4. The number of aliphatic hydroxyl groups is 1. The van der Waals surface area contributed by atoms with Crippen molar-refractivity contribution in [2.45, 2.75) is 18.6 Å². The van der Waals surface area contributed by atoms with Crippen molar-refractivity contribution in [3.8, 4) is 0 Å². The summed E-state index contributed by atoms with van der Waals surface area (Å²) in [5.41, 5.74) is 0.268. The van der Waals surface area contributed by atoms with Crippen molar-refractivity contribution in [1.82, 2.24) is 4.90 Å². The van der Waals surface area contributed by atoms with Crippen LogP contribution in [0, 0.1) is 5.82 Å². The number of rotatable bonds is 2. The number of aliphatic hydroxyl groups excluding tert-OH is 1. The summed E-state index contributed by atoms with van der Waals surface area (Å²) in [6, 6.07) is 4.24. The van der Waals surface area contributed by atoms with E-state index in [1.54, 1.807) is 0 Å². The lowest BCUT2D eigenvalue weighted by Gasteiger charge is -2.22. The third kappa shape index (κ3) is 2.73. The number of halogens is 1. The van der Waals surface area contributed by atoms with E-state index in [0.29, 0.717) is 0 Å². The second-order valence-corrected chi connectivity index (χ2v) is 4.39. The van der Waals surface area contributed by atoms with Crippen LogP contribution in [0.1, 0.15) is 16.8 Å². The molecule has 0 saturated carbocycles. The molecule has 19 heavy (non-hydrogen) atoms. The van der Waals surface area contributed by atoms with Gasteiger partial charge in [0.2, 0.25) is 0 Å². The summed E-state index contributed by atoms with van der Waals surface area (Å²) in [7, 11) is 1.23. The SMILES string of the molecule is COC(=O)[C@@H]1C[C@@H](O)CN1C(=O)c1ccc(F)cc1. The first-order chi connectivity index (χ1) is 9.02. The second kappa shape index (κ2) is 5.36. The Morgan fingerprint density at radius 1 is 1.37 bits per heavy atom. The van der Waals surface area contributed by atoms with Crippen molar-refractivity contribution in [2.75, 3.05) is 13.7 Å². The Labute approximate surface area is 109 Å². The average molecular weight is 267 g/mol. The van der Waals surface area contributed by atoms with E-state index in [0.717, 1.165) is 0 Å². The van der Waals surface area contributed by atoms with Gasteiger partial charge in [-0.25, -0.2) is 9.18 Å². The number of ether oxygens (including phenoxy) is 1. The molecular formula is C13H14FNO4. The number of hydrogen-bond donors (Lipinski definition) is 1. The molecule has 1 aliphatic rings. The lowest BCUT2D eigenvalue weighted by atomic mass is 10.1. The monoisotopic (exact) mass is 267 g/mol. The normalized spacial score (nSPS) is 22.4. The van der Waals surface area contributed by atoms with E-state index < -0.39 is 29.8 Å². The van der Waals surface area contributed by atoms with Gasteiger partial charge >= 0.3 is 5.97 Å². The van der Waals surface area contributed by atoms with E-state index in [-0.39, 0.29) is 18.5 Å². The summed E-state index contributed by atoms with van der Waals surface area (Å²) in [6.45, 7) is 0.0655. The molecule has 1 heterocycles. The van der Waals surface area contributed by atoms with E-state index in [2.05, 4.69) is 4.74 Å². The maximum absolute atomic E-state index is 12.8. The minimum atomic E-state index is -0.794. The molecule has 0 aliphatic carbocycles. The predicted octanol–water partition coefficient (Wildman–Crippen LogP) is 0.574. The van der Waals surface area contributed by atoms with Gasteiger partial charge in [0.05, 0.1) is 13.2 Å². The van der Waals surface area contributed by atoms with Crippen molar-refractivity contribution >= 4 is 11.9 Å². The summed E-state index contributed by atoms with van der Waals surface area (Å²) in [5, 5.41) is 9.59. The molecule has 5 nitrogen and oxygen atoms in total. The topological polar surface area (TPSA) is 66.8 Å². The zero-order valence-electron chi connectivity index (χ0n) is 10.4. The highest BCUT2D eigenvalue weighted by Gasteiger charge is 2.39. The smallest absolute Gasteiger partial charge is 0.328 e. The first-order valence-corrected chi connectivity index (χ1v) is 5.85. The molecule has 1 amide bonds. The van der Waals surface area contributed by atoms with E-state index in [1.165, 1.54) is 36.3 Å². The van der Waals surface area contributed by atoms with Crippen LogP contribution in [-0.4, -0.2) is 47.7 Å². The number of likely N-dealkylation sites (tertiary alicyclic amines) is 1. The Morgan fingerprint density at radius 3 is 2.58 bits per heavy atom.